The Hall–Kier alpha value is -2.36. The molecule has 10 heteroatoms. The van der Waals surface area contributed by atoms with Crippen molar-refractivity contribution in [1.29, 1.82) is 0 Å². The lowest BCUT2D eigenvalue weighted by Crippen LogP contribution is -2.38. The van der Waals surface area contributed by atoms with Crippen LogP contribution in [0, 0.1) is 13.8 Å². The fourth-order valence-corrected chi connectivity index (χ4v) is 3.11. The van der Waals surface area contributed by atoms with Crippen LogP contribution in [-0.4, -0.2) is 32.1 Å². The van der Waals surface area contributed by atoms with Crippen molar-refractivity contribution in [2.45, 2.75) is 19.0 Å². The predicted molar refractivity (Wildman–Crippen MR) is 110 cm³/mol. The summed E-state index contributed by atoms with van der Waals surface area (Å²) >= 11 is 12.7. The van der Waals surface area contributed by atoms with E-state index in [2.05, 4.69) is 20.9 Å². The number of aromatic nitrogens is 3. The Morgan fingerprint density at radius 2 is 2.04 bits per heavy atom. The Morgan fingerprint density at radius 1 is 1.26 bits per heavy atom. The summed E-state index contributed by atoms with van der Waals surface area (Å²) in [6.45, 7) is 3.69. The normalized spacial score (nSPS) is 10.7. The maximum atomic E-state index is 12.4. The van der Waals surface area contributed by atoms with Gasteiger partial charge in [0, 0.05) is 10.6 Å². The highest BCUT2D eigenvalue weighted by Gasteiger charge is 2.16. The molecular weight excluding hydrogens is 406 g/mol. The van der Waals surface area contributed by atoms with Gasteiger partial charge in [-0.1, -0.05) is 35.5 Å². The van der Waals surface area contributed by atoms with E-state index in [1.165, 1.54) is 11.8 Å². The van der Waals surface area contributed by atoms with Crippen LogP contribution in [0.1, 0.15) is 21.9 Å². The first-order valence-electron chi connectivity index (χ1n) is 7.83. The quantitative estimate of drug-likeness (QED) is 0.489. The van der Waals surface area contributed by atoms with E-state index < -0.39 is 5.91 Å². The van der Waals surface area contributed by atoms with Crippen molar-refractivity contribution in [3.63, 3.8) is 0 Å². The molecule has 1 aromatic carbocycles. The zero-order chi connectivity index (χ0) is 19.6. The molecule has 0 aliphatic rings. The second kappa shape index (κ2) is 8.12. The van der Waals surface area contributed by atoms with Crippen molar-refractivity contribution in [2.75, 3.05) is 11.7 Å². The first-order valence-corrected chi connectivity index (χ1v) is 9.85. The number of halogens is 1. The van der Waals surface area contributed by atoms with Gasteiger partial charge >= 0.3 is 0 Å². The van der Waals surface area contributed by atoms with Gasteiger partial charge in [0.25, 0.3) is 5.91 Å². The average Bonchev–Trinajstić information content (AvgIpc) is 3.25. The number of rotatable bonds is 4. The summed E-state index contributed by atoms with van der Waals surface area (Å²) in [5.41, 5.74) is 4.63. The molecule has 27 heavy (non-hydrogen) atoms. The van der Waals surface area contributed by atoms with Crippen LogP contribution in [0.15, 0.2) is 39.9 Å². The Labute approximate surface area is 170 Å². The Balaban J connectivity index is 1.69. The van der Waals surface area contributed by atoms with Crippen molar-refractivity contribution in [1.82, 2.24) is 20.2 Å². The van der Waals surface area contributed by atoms with Crippen LogP contribution in [0.4, 0.5) is 0 Å². The van der Waals surface area contributed by atoms with E-state index in [9.17, 15) is 4.79 Å². The molecular formula is C17H16ClN5O2S2. The van der Waals surface area contributed by atoms with Crippen LogP contribution in [-0.2, 0) is 0 Å². The van der Waals surface area contributed by atoms with Crippen LogP contribution in [0.5, 0.6) is 0 Å². The summed E-state index contributed by atoms with van der Waals surface area (Å²) in [7, 11) is 0. The van der Waals surface area contributed by atoms with Crippen molar-refractivity contribution >= 4 is 46.6 Å². The summed E-state index contributed by atoms with van der Waals surface area (Å²) in [4.78, 5) is 12.4. The number of nitrogens with one attached hydrogen (secondary N) is 2. The minimum Gasteiger partial charge on any atom is -0.451 e. The van der Waals surface area contributed by atoms with Gasteiger partial charge in [0.2, 0.25) is 5.16 Å². The maximum absolute atomic E-state index is 12.4. The third-order valence-corrected chi connectivity index (χ3v) is 4.93. The number of thiocarbonyl (C=S) groups is 1. The molecule has 0 saturated carbocycles. The van der Waals surface area contributed by atoms with Gasteiger partial charge in [-0.2, -0.15) is 0 Å². The van der Waals surface area contributed by atoms with Crippen LogP contribution < -0.4 is 10.7 Å². The summed E-state index contributed by atoms with van der Waals surface area (Å²) < 4.78 is 7.23. The molecule has 0 radical (unpaired) electrons. The lowest BCUT2D eigenvalue weighted by Gasteiger charge is -2.11. The highest BCUT2D eigenvalue weighted by Crippen LogP contribution is 2.26. The molecule has 0 fully saturated rings. The summed E-state index contributed by atoms with van der Waals surface area (Å²) in [6.07, 6.45) is 1.87. The molecule has 7 nitrogen and oxygen atoms in total. The largest absolute Gasteiger partial charge is 0.451 e. The molecule has 0 unspecified atom stereocenters. The lowest BCUT2D eigenvalue weighted by molar-refractivity contribution is 0.0951. The molecule has 0 saturated heterocycles. The Bertz CT molecular complexity index is 1010. The molecule has 2 N–H and O–H groups in total. The van der Waals surface area contributed by atoms with Crippen LogP contribution in [0.25, 0.3) is 11.3 Å². The van der Waals surface area contributed by atoms with Crippen molar-refractivity contribution in [3.05, 3.63) is 52.5 Å². The molecule has 1 amide bonds. The van der Waals surface area contributed by atoms with E-state index in [1.54, 1.807) is 29.8 Å². The van der Waals surface area contributed by atoms with Gasteiger partial charge < -0.3 is 4.42 Å². The molecule has 0 bridgehead atoms. The van der Waals surface area contributed by atoms with Crippen LogP contribution >= 0.6 is 35.6 Å². The van der Waals surface area contributed by atoms with E-state index in [4.69, 9.17) is 28.2 Å². The number of benzene rings is 1. The SMILES string of the molecule is CSc1nnc(C)n1NC(=S)NC(=O)c1ccc(-c2ccc(C)c(Cl)c2)o1. The number of furan rings is 1. The van der Waals surface area contributed by atoms with Gasteiger partial charge in [-0.15, -0.1) is 10.2 Å². The smallest absolute Gasteiger partial charge is 0.293 e. The number of aryl methyl sites for hydroxylation is 2. The molecule has 2 aromatic heterocycles. The molecule has 0 atom stereocenters. The van der Waals surface area contributed by atoms with Gasteiger partial charge in [-0.25, -0.2) is 4.68 Å². The standard InChI is InChI=1S/C17H16ClN5O2S2/c1-9-4-5-11(8-12(9)18)13-6-7-14(25-13)15(24)19-16(26)22-23-10(2)20-21-17(23)27-3/h4-8H,1-3H3,(H2,19,22,24,26). The summed E-state index contributed by atoms with van der Waals surface area (Å²) in [5, 5.41) is 11.9. The predicted octanol–water partition coefficient (Wildman–Crippen LogP) is 3.79. The fraction of sp³-hybridized carbons (Fsp3) is 0.176. The number of hydrogen-bond acceptors (Lipinski definition) is 6. The summed E-state index contributed by atoms with van der Waals surface area (Å²) in [6, 6.07) is 8.86. The highest BCUT2D eigenvalue weighted by molar-refractivity contribution is 7.98. The molecule has 0 aliphatic carbocycles. The average molecular weight is 422 g/mol. The van der Waals surface area contributed by atoms with Crippen LogP contribution in [0.3, 0.4) is 0 Å². The minimum atomic E-state index is -0.464. The molecule has 0 aliphatic heterocycles. The van der Waals surface area contributed by atoms with Crippen LogP contribution in [0.2, 0.25) is 5.02 Å². The van der Waals surface area contributed by atoms with Gasteiger partial charge in [-0.3, -0.25) is 15.5 Å². The topological polar surface area (TPSA) is 85.0 Å². The maximum Gasteiger partial charge on any atom is 0.293 e. The monoisotopic (exact) mass is 421 g/mol. The highest BCUT2D eigenvalue weighted by atomic mass is 35.5. The van der Waals surface area contributed by atoms with Crippen molar-refractivity contribution in [3.8, 4) is 11.3 Å². The Morgan fingerprint density at radius 3 is 2.74 bits per heavy atom. The zero-order valence-corrected chi connectivity index (χ0v) is 17.1. The van der Waals surface area contributed by atoms with Crippen molar-refractivity contribution in [2.24, 2.45) is 0 Å². The number of amides is 1. The summed E-state index contributed by atoms with van der Waals surface area (Å²) in [5.74, 6) is 0.831. The van der Waals surface area contributed by atoms with Gasteiger partial charge in [0.1, 0.15) is 11.6 Å². The fourth-order valence-electron chi connectivity index (χ4n) is 2.26. The minimum absolute atomic E-state index is 0.106. The van der Waals surface area contributed by atoms with Gasteiger partial charge in [0.15, 0.2) is 10.9 Å². The first kappa shape index (κ1) is 19.4. The zero-order valence-electron chi connectivity index (χ0n) is 14.7. The first-order chi connectivity index (χ1) is 12.9. The van der Waals surface area contributed by atoms with E-state index in [1.807, 2.05) is 25.3 Å². The molecule has 140 valence electrons. The van der Waals surface area contributed by atoms with E-state index in [0.717, 1.165) is 11.1 Å². The molecule has 2 heterocycles. The number of thioether (sulfide) groups is 1. The molecule has 3 rings (SSSR count). The molecule has 0 spiro atoms. The van der Waals surface area contributed by atoms with Crippen molar-refractivity contribution < 1.29 is 9.21 Å². The number of hydrogen-bond donors (Lipinski definition) is 2. The van der Waals surface area contributed by atoms with Gasteiger partial charge in [0.05, 0.1) is 0 Å². The second-order valence-electron chi connectivity index (χ2n) is 5.59. The number of carbonyl (C=O) groups excluding carboxylic acids is 1. The van der Waals surface area contributed by atoms with E-state index in [-0.39, 0.29) is 10.9 Å². The Kier molecular flexibility index (Phi) is 5.83. The van der Waals surface area contributed by atoms with E-state index >= 15 is 0 Å². The molecule has 3 aromatic rings. The lowest BCUT2D eigenvalue weighted by atomic mass is 10.1. The second-order valence-corrected chi connectivity index (χ2v) is 7.18. The third kappa shape index (κ3) is 4.32. The number of carbonyl (C=O) groups is 1. The third-order valence-electron chi connectivity index (χ3n) is 3.70. The van der Waals surface area contributed by atoms with E-state index in [0.29, 0.717) is 21.8 Å². The van der Waals surface area contributed by atoms with Gasteiger partial charge in [-0.05, 0) is 56.1 Å². The number of nitrogens with zero attached hydrogens (tertiary/aromatic N) is 3.